The molecule has 0 aromatic carbocycles. The van der Waals surface area contributed by atoms with Gasteiger partial charge in [0.25, 0.3) is 0 Å². The molecule has 192 valence electrons. The zero-order valence-corrected chi connectivity index (χ0v) is 21.7. The molecule has 1 unspecified atom stereocenters. The summed E-state index contributed by atoms with van der Waals surface area (Å²) in [7, 11) is 0. The van der Waals surface area contributed by atoms with E-state index in [9.17, 15) is 9.90 Å². The van der Waals surface area contributed by atoms with E-state index in [2.05, 4.69) is 45.5 Å². The Morgan fingerprint density at radius 1 is 1.06 bits per heavy atom. The maximum atomic E-state index is 11.9. The SMILES string of the molecule is CCC1CCCCN1c1nc2nc(C(=O)O)nc(N[C@H](C)C3CCC3)c2n1C[C@H]1CC[C@H](C)CC1. The zero-order chi connectivity index (χ0) is 24.5. The Morgan fingerprint density at radius 3 is 2.49 bits per heavy atom. The molecule has 5 rings (SSSR count). The van der Waals surface area contributed by atoms with E-state index in [1.165, 1.54) is 57.8 Å². The summed E-state index contributed by atoms with van der Waals surface area (Å²) >= 11 is 0. The van der Waals surface area contributed by atoms with E-state index in [1.807, 2.05) is 0 Å². The van der Waals surface area contributed by atoms with Crippen LogP contribution in [0.4, 0.5) is 11.8 Å². The van der Waals surface area contributed by atoms with Gasteiger partial charge in [-0.05, 0) is 76.0 Å². The Kier molecular flexibility index (Phi) is 7.17. The summed E-state index contributed by atoms with van der Waals surface area (Å²) < 4.78 is 2.35. The molecule has 8 nitrogen and oxygen atoms in total. The Balaban J connectivity index is 1.61. The van der Waals surface area contributed by atoms with Gasteiger partial charge in [-0.2, -0.15) is 4.98 Å². The minimum absolute atomic E-state index is 0.172. The molecule has 3 heterocycles. The molecule has 2 aromatic heterocycles. The standard InChI is InChI=1S/C27H42N6O2/c1-4-21-10-5-6-15-32(21)27-31-24-22(33(27)16-19-13-11-17(2)12-14-19)23(29-25(30-24)26(34)35)28-18(3)20-8-7-9-20/h17-21H,4-16H2,1-3H3,(H,34,35)(H,28,29,30)/t17-,18-,19-,21?/m1/s1. The molecule has 2 aromatic rings. The Hall–Kier alpha value is -2.38. The van der Waals surface area contributed by atoms with Crippen molar-refractivity contribution in [1.29, 1.82) is 0 Å². The number of nitrogens with zero attached hydrogens (tertiary/aromatic N) is 5. The number of imidazole rings is 1. The van der Waals surface area contributed by atoms with E-state index >= 15 is 0 Å². The van der Waals surface area contributed by atoms with E-state index in [-0.39, 0.29) is 11.9 Å². The highest BCUT2D eigenvalue weighted by atomic mass is 16.4. The summed E-state index contributed by atoms with van der Waals surface area (Å²) in [4.78, 5) is 28.4. The molecule has 1 saturated heterocycles. The molecule has 8 heteroatoms. The van der Waals surface area contributed by atoms with Gasteiger partial charge in [0.05, 0.1) is 0 Å². The molecule has 0 radical (unpaired) electrons. The molecular weight excluding hydrogens is 440 g/mol. The van der Waals surface area contributed by atoms with Crippen molar-refractivity contribution in [3.63, 3.8) is 0 Å². The van der Waals surface area contributed by atoms with Crippen molar-refractivity contribution in [3.05, 3.63) is 5.82 Å². The fourth-order valence-electron chi connectivity index (χ4n) is 6.34. The largest absolute Gasteiger partial charge is 0.475 e. The van der Waals surface area contributed by atoms with Crippen LogP contribution in [0.25, 0.3) is 11.2 Å². The van der Waals surface area contributed by atoms with Gasteiger partial charge in [-0.15, -0.1) is 0 Å². The van der Waals surface area contributed by atoms with Crippen LogP contribution in [0, 0.1) is 17.8 Å². The molecule has 0 amide bonds. The summed E-state index contributed by atoms with van der Waals surface area (Å²) in [5.41, 5.74) is 1.40. The molecule has 2 aliphatic carbocycles. The molecule has 2 saturated carbocycles. The van der Waals surface area contributed by atoms with Crippen LogP contribution in [0.5, 0.6) is 0 Å². The average Bonchev–Trinajstić information content (AvgIpc) is 3.17. The van der Waals surface area contributed by atoms with Gasteiger partial charge in [-0.1, -0.05) is 33.1 Å². The van der Waals surface area contributed by atoms with Crippen molar-refractivity contribution < 1.29 is 9.90 Å². The summed E-state index contributed by atoms with van der Waals surface area (Å²) in [5.74, 6) is 2.33. The third kappa shape index (κ3) is 4.98. The minimum Gasteiger partial charge on any atom is -0.475 e. The van der Waals surface area contributed by atoms with Gasteiger partial charge in [0.15, 0.2) is 11.5 Å². The predicted molar refractivity (Wildman–Crippen MR) is 139 cm³/mol. The van der Waals surface area contributed by atoms with Gasteiger partial charge >= 0.3 is 5.97 Å². The van der Waals surface area contributed by atoms with Crippen molar-refractivity contribution in [3.8, 4) is 0 Å². The Labute approximate surface area is 208 Å². The Bertz CT molecular complexity index is 1040. The predicted octanol–water partition coefficient (Wildman–Crippen LogP) is 5.72. The van der Waals surface area contributed by atoms with E-state index in [0.717, 1.165) is 43.3 Å². The highest BCUT2D eigenvalue weighted by molar-refractivity contribution is 5.91. The van der Waals surface area contributed by atoms with Gasteiger partial charge in [-0.3, -0.25) is 0 Å². The highest BCUT2D eigenvalue weighted by Gasteiger charge is 2.32. The number of anilines is 2. The first-order valence-electron chi connectivity index (χ1n) is 14.0. The number of carboxylic acid groups (broad SMARTS) is 1. The van der Waals surface area contributed by atoms with Crippen LogP contribution < -0.4 is 10.2 Å². The van der Waals surface area contributed by atoms with Crippen LogP contribution in [0.2, 0.25) is 0 Å². The number of hydrogen-bond donors (Lipinski definition) is 2. The van der Waals surface area contributed by atoms with Crippen molar-refractivity contribution in [2.45, 2.75) is 110 Å². The second-order valence-corrected chi connectivity index (χ2v) is 11.4. The molecule has 2 atom stereocenters. The third-order valence-corrected chi connectivity index (χ3v) is 8.93. The van der Waals surface area contributed by atoms with Crippen LogP contribution in [0.3, 0.4) is 0 Å². The van der Waals surface area contributed by atoms with Gasteiger partial charge in [0.1, 0.15) is 5.52 Å². The smallest absolute Gasteiger partial charge is 0.374 e. The van der Waals surface area contributed by atoms with Gasteiger partial charge in [0.2, 0.25) is 11.8 Å². The van der Waals surface area contributed by atoms with Gasteiger partial charge in [-0.25, -0.2) is 14.8 Å². The number of piperidine rings is 1. The Morgan fingerprint density at radius 2 is 1.83 bits per heavy atom. The summed E-state index contributed by atoms with van der Waals surface area (Å²) in [6.45, 7) is 8.70. The van der Waals surface area contributed by atoms with E-state index in [1.54, 1.807) is 0 Å². The first-order valence-corrected chi connectivity index (χ1v) is 14.0. The van der Waals surface area contributed by atoms with E-state index in [0.29, 0.717) is 29.3 Å². The summed E-state index contributed by atoms with van der Waals surface area (Å²) in [6, 6.07) is 0.701. The lowest BCUT2D eigenvalue weighted by Crippen LogP contribution is -2.41. The number of nitrogens with one attached hydrogen (secondary N) is 1. The maximum Gasteiger partial charge on any atom is 0.374 e. The maximum absolute atomic E-state index is 11.9. The molecule has 0 spiro atoms. The first kappa shape index (κ1) is 24.3. The number of aromatic nitrogens is 4. The number of aromatic carboxylic acids is 1. The normalized spacial score (nSPS) is 26.5. The van der Waals surface area contributed by atoms with Crippen molar-refractivity contribution in [2.75, 3.05) is 16.8 Å². The van der Waals surface area contributed by atoms with Crippen LogP contribution >= 0.6 is 0 Å². The molecule has 1 aliphatic heterocycles. The molecule has 0 bridgehead atoms. The highest BCUT2D eigenvalue weighted by Crippen LogP contribution is 2.37. The van der Waals surface area contributed by atoms with E-state index < -0.39 is 5.97 Å². The van der Waals surface area contributed by atoms with E-state index in [4.69, 9.17) is 4.98 Å². The van der Waals surface area contributed by atoms with Gasteiger partial charge < -0.3 is 19.9 Å². The summed E-state index contributed by atoms with van der Waals surface area (Å²) in [5, 5.41) is 13.4. The van der Waals surface area contributed by atoms with Crippen LogP contribution in [0.15, 0.2) is 0 Å². The lowest BCUT2D eigenvalue weighted by Gasteiger charge is -2.37. The first-order chi connectivity index (χ1) is 16.9. The molecule has 35 heavy (non-hydrogen) atoms. The van der Waals surface area contributed by atoms with Crippen molar-refractivity contribution >= 4 is 28.9 Å². The van der Waals surface area contributed by atoms with Crippen LogP contribution in [-0.2, 0) is 6.54 Å². The number of fused-ring (bicyclic) bond motifs is 1. The fourth-order valence-corrected chi connectivity index (χ4v) is 6.34. The van der Waals surface area contributed by atoms with Crippen molar-refractivity contribution in [1.82, 2.24) is 19.5 Å². The second kappa shape index (κ2) is 10.3. The topological polar surface area (TPSA) is 96.2 Å². The third-order valence-electron chi connectivity index (χ3n) is 8.93. The number of carbonyl (C=O) groups is 1. The summed E-state index contributed by atoms with van der Waals surface area (Å²) in [6.07, 6.45) is 13.4. The fraction of sp³-hybridized carbons (Fsp3) is 0.778. The number of hydrogen-bond acceptors (Lipinski definition) is 6. The average molecular weight is 483 g/mol. The van der Waals surface area contributed by atoms with Crippen LogP contribution in [-0.4, -0.2) is 49.2 Å². The quantitative estimate of drug-likeness (QED) is 0.497. The molecular formula is C27H42N6O2. The number of carboxylic acids is 1. The minimum atomic E-state index is -1.10. The number of rotatable bonds is 8. The van der Waals surface area contributed by atoms with Gasteiger partial charge in [0, 0.05) is 25.2 Å². The lowest BCUT2D eigenvalue weighted by molar-refractivity contribution is 0.0684. The lowest BCUT2D eigenvalue weighted by atomic mass is 9.80. The molecule has 2 N–H and O–H groups in total. The second-order valence-electron chi connectivity index (χ2n) is 11.4. The monoisotopic (exact) mass is 482 g/mol. The van der Waals surface area contributed by atoms with Crippen LogP contribution in [0.1, 0.15) is 102 Å². The zero-order valence-electron chi connectivity index (χ0n) is 21.7. The van der Waals surface area contributed by atoms with Crippen molar-refractivity contribution in [2.24, 2.45) is 17.8 Å². The molecule has 3 aliphatic rings. The molecule has 3 fully saturated rings.